The third-order valence-electron chi connectivity index (χ3n) is 2.45. The first kappa shape index (κ1) is 10.0. The zero-order valence-electron chi connectivity index (χ0n) is 9.20. The molecule has 3 heteroatoms. The van der Waals surface area contributed by atoms with Crippen LogP contribution in [-0.4, -0.2) is 12.2 Å². The summed E-state index contributed by atoms with van der Waals surface area (Å²) in [7, 11) is 0. The van der Waals surface area contributed by atoms with Gasteiger partial charge in [-0.05, 0) is 12.1 Å². The van der Waals surface area contributed by atoms with Crippen LogP contribution in [-0.2, 0) is 4.74 Å². The van der Waals surface area contributed by atoms with Gasteiger partial charge in [0.25, 0.3) is 0 Å². The number of carbonyl (C=O) groups is 1. The largest absolute Gasteiger partial charge is 0.438 e. The average molecular weight is 205 g/mol. The quantitative estimate of drug-likeness (QED) is 0.662. The van der Waals surface area contributed by atoms with E-state index >= 15 is 0 Å². The monoisotopic (exact) mass is 205 g/mol. The Kier molecular flexibility index (Phi) is 2.18. The molecule has 1 aromatic carbocycles. The molecule has 0 saturated heterocycles. The number of hydrogen-bond acceptors (Lipinski definition) is 3. The molecule has 2 rings (SSSR count). The topological polar surface area (TPSA) is 38.3 Å². The van der Waals surface area contributed by atoms with Gasteiger partial charge in [0.15, 0.2) is 6.23 Å². The number of carbonyl (C=O) groups excluding carboxylic acids is 1. The van der Waals surface area contributed by atoms with E-state index in [1.165, 1.54) is 0 Å². The Bertz CT molecular complexity index is 393. The number of ether oxygens (including phenoxy) is 1. The highest BCUT2D eigenvalue weighted by Gasteiger charge is 2.33. The molecule has 1 aliphatic rings. The number of cyclic esters (lactones) is 1. The van der Waals surface area contributed by atoms with Crippen molar-refractivity contribution < 1.29 is 9.53 Å². The van der Waals surface area contributed by atoms with Gasteiger partial charge in [0.05, 0.1) is 11.3 Å². The maximum atomic E-state index is 11.7. The SMILES string of the molecule is CC(C)(C)C1Nc2ccccc2C(=O)O1. The molecule has 0 aliphatic carbocycles. The van der Waals surface area contributed by atoms with Crippen LogP contribution in [0, 0.1) is 5.41 Å². The van der Waals surface area contributed by atoms with Crippen LogP contribution >= 0.6 is 0 Å². The molecule has 0 radical (unpaired) electrons. The fraction of sp³-hybridized carbons (Fsp3) is 0.417. The lowest BCUT2D eigenvalue weighted by Crippen LogP contribution is -2.41. The molecule has 0 aromatic heterocycles. The van der Waals surface area contributed by atoms with Gasteiger partial charge < -0.3 is 10.1 Å². The number of fused-ring (bicyclic) bond motifs is 1. The first-order valence-electron chi connectivity index (χ1n) is 5.05. The first-order valence-corrected chi connectivity index (χ1v) is 5.05. The second-order valence-corrected chi connectivity index (χ2v) is 4.84. The van der Waals surface area contributed by atoms with Crippen molar-refractivity contribution in [2.75, 3.05) is 5.32 Å². The lowest BCUT2D eigenvalue weighted by molar-refractivity contribution is 0.00493. The van der Waals surface area contributed by atoms with Gasteiger partial charge in [0.1, 0.15) is 0 Å². The third kappa shape index (κ3) is 1.82. The Labute approximate surface area is 89.4 Å². The Balaban J connectivity index is 2.35. The van der Waals surface area contributed by atoms with E-state index in [-0.39, 0.29) is 17.6 Å². The Morgan fingerprint density at radius 1 is 1.27 bits per heavy atom. The molecule has 1 N–H and O–H groups in total. The van der Waals surface area contributed by atoms with Gasteiger partial charge in [-0.1, -0.05) is 32.9 Å². The van der Waals surface area contributed by atoms with Gasteiger partial charge in [-0.3, -0.25) is 0 Å². The molecule has 0 amide bonds. The van der Waals surface area contributed by atoms with E-state index in [0.29, 0.717) is 5.56 Å². The van der Waals surface area contributed by atoms with Crippen molar-refractivity contribution >= 4 is 11.7 Å². The number of para-hydroxylation sites is 1. The summed E-state index contributed by atoms with van der Waals surface area (Å²) < 4.78 is 5.33. The summed E-state index contributed by atoms with van der Waals surface area (Å²) >= 11 is 0. The molecule has 1 aromatic rings. The van der Waals surface area contributed by atoms with E-state index in [1.54, 1.807) is 6.07 Å². The van der Waals surface area contributed by atoms with Crippen molar-refractivity contribution in [2.45, 2.75) is 27.0 Å². The molecule has 1 unspecified atom stereocenters. The number of hydrogen-bond donors (Lipinski definition) is 1. The molecular formula is C12H15NO2. The minimum absolute atomic E-state index is 0.108. The van der Waals surface area contributed by atoms with E-state index in [0.717, 1.165) is 5.69 Å². The van der Waals surface area contributed by atoms with Gasteiger partial charge in [0, 0.05) is 5.41 Å². The van der Waals surface area contributed by atoms with E-state index < -0.39 is 0 Å². The standard InChI is InChI=1S/C12H15NO2/c1-12(2,3)11-13-9-7-5-4-6-8(9)10(14)15-11/h4-7,11,13H,1-3H3. The predicted molar refractivity (Wildman–Crippen MR) is 58.7 cm³/mol. The van der Waals surface area contributed by atoms with E-state index in [2.05, 4.69) is 5.32 Å². The van der Waals surface area contributed by atoms with Crippen molar-refractivity contribution in [1.29, 1.82) is 0 Å². The summed E-state index contributed by atoms with van der Waals surface area (Å²) in [6, 6.07) is 7.40. The molecule has 1 aliphatic heterocycles. The van der Waals surface area contributed by atoms with Gasteiger partial charge >= 0.3 is 5.97 Å². The van der Waals surface area contributed by atoms with Crippen molar-refractivity contribution in [3.05, 3.63) is 29.8 Å². The molecule has 0 spiro atoms. The molecule has 0 bridgehead atoms. The van der Waals surface area contributed by atoms with Crippen LogP contribution in [0.2, 0.25) is 0 Å². The fourth-order valence-corrected chi connectivity index (χ4v) is 1.52. The van der Waals surface area contributed by atoms with Crippen molar-refractivity contribution in [1.82, 2.24) is 0 Å². The molecule has 0 saturated carbocycles. The summed E-state index contributed by atoms with van der Waals surface area (Å²) in [4.78, 5) is 11.7. The summed E-state index contributed by atoms with van der Waals surface area (Å²) in [5.74, 6) is -0.246. The average Bonchev–Trinajstić information content (AvgIpc) is 2.16. The van der Waals surface area contributed by atoms with Crippen molar-refractivity contribution in [3.63, 3.8) is 0 Å². The van der Waals surface area contributed by atoms with Crippen LogP contribution in [0.1, 0.15) is 31.1 Å². The lowest BCUT2D eigenvalue weighted by atomic mass is 9.93. The number of esters is 1. The van der Waals surface area contributed by atoms with Crippen LogP contribution in [0.15, 0.2) is 24.3 Å². The van der Waals surface area contributed by atoms with Crippen LogP contribution < -0.4 is 5.32 Å². The zero-order chi connectivity index (χ0) is 11.1. The second-order valence-electron chi connectivity index (χ2n) is 4.84. The second kappa shape index (κ2) is 3.26. The van der Waals surface area contributed by atoms with Gasteiger partial charge in [-0.15, -0.1) is 0 Å². The van der Waals surface area contributed by atoms with Gasteiger partial charge in [-0.25, -0.2) is 4.79 Å². The molecule has 1 heterocycles. The number of benzene rings is 1. The fourth-order valence-electron chi connectivity index (χ4n) is 1.52. The molecule has 15 heavy (non-hydrogen) atoms. The summed E-state index contributed by atoms with van der Waals surface area (Å²) in [6.45, 7) is 6.10. The summed E-state index contributed by atoms with van der Waals surface area (Å²) in [6.07, 6.45) is -0.264. The molecule has 3 nitrogen and oxygen atoms in total. The van der Waals surface area contributed by atoms with Gasteiger partial charge in [0.2, 0.25) is 0 Å². The van der Waals surface area contributed by atoms with Crippen LogP contribution in [0.3, 0.4) is 0 Å². The highest BCUT2D eigenvalue weighted by Crippen LogP contribution is 2.30. The zero-order valence-corrected chi connectivity index (χ0v) is 9.20. The normalized spacial score (nSPS) is 20.2. The minimum Gasteiger partial charge on any atom is -0.438 e. The van der Waals surface area contributed by atoms with Crippen LogP contribution in [0.4, 0.5) is 5.69 Å². The van der Waals surface area contributed by atoms with E-state index in [9.17, 15) is 4.79 Å². The lowest BCUT2D eigenvalue weighted by Gasteiger charge is -2.35. The van der Waals surface area contributed by atoms with E-state index in [1.807, 2.05) is 39.0 Å². The Morgan fingerprint density at radius 2 is 1.93 bits per heavy atom. The van der Waals surface area contributed by atoms with Crippen molar-refractivity contribution in [2.24, 2.45) is 5.41 Å². The highest BCUT2D eigenvalue weighted by atomic mass is 16.6. The summed E-state index contributed by atoms with van der Waals surface area (Å²) in [5.41, 5.74) is 1.36. The maximum Gasteiger partial charge on any atom is 0.342 e. The molecular weight excluding hydrogens is 190 g/mol. The number of nitrogens with one attached hydrogen (secondary N) is 1. The van der Waals surface area contributed by atoms with E-state index in [4.69, 9.17) is 4.74 Å². The predicted octanol–water partition coefficient (Wildman–Crippen LogP) is 2.64. The summed E-state index contributed by atoms with van der Waals surface area (Å²) in [5, 5.41) is 3.22. The van der Waals surface area contributed by atoms with Crippen molar-refractivity contribution in [3.8, 4) is 0 Å². The highest BCUT2D eigenvalue weighted by molar-refractivity contribution is 5.97. The first-order chi connectivity index (χ1) is 6.98. The van der Waals surface area contributed by atoms with Crippen LogP contribution in [0.5, 0.6) is 0 Å². The molecule has 0 fully saturated rings. The van der Waals surface area contributed by atoms with Crippen LogP contribution in [0.25, 0.3) is 0 Å². The maximum absolute atomic E-state index is 11.7. The number of anilines is 1. The minimum atomic E-state index is -0.264. The van der Waals surface area contributed by atoms with Gasteiger partial charge in [-0.2, -0.15) is 0 Å². The molecule has 80 valence electrons. The smallest absolute Gasteiger partial charge is 0.342 e. The number of rotatable bonds is 0. The Morgan fingerprint density at radius 3 is 2.60 bits per heavy atom. The molecule has 1 atom stereocenters. The third-order valence-corrected chi connectivity index (χ3v) is 2.45. The Hall–Kier alpha value is -1.51.